The van der Waals surface area contributed by atoms with Crippen LogP contribution in [0.4, 0.5) is 0 Å². The van der Waals surface area contributed by atoms with Gasteiger partial charge >= 0.3 is 11.9 Å². The van der Waals surface area contributed by atoms with E-state index in [0.717, 1.165) is 0 Å². The van der Waals surface area contributed by atoms with Gasteiger partial charge in [-0.05, 0) is 12.3 Å². The molecule has 1 saturated carbocycles. The average Bonchev–Trinajstić information content (AvgIpc) is 2.48. The first-order valence-corrected chi connectivity index (χ1v) is 4.74. The molecule has 2 N–H and O–H groups in total. The first kappa shape index (κ1) is 11.3. The van der Waals surface area contributed by atoms with Crippen molar-refractivity contribution in [3.63, 3.8) is 0 Å². The third-order valence-electron chi connectivity index (χ3n) is 3.39. The van der Waals surface area contributed by atoms with Gasteiger partial charge in [0.2, 0.25) is 0 Å². The molecule has 80 valence electrons. The molecule has 0 amide bonds. The van der Waals surface area contributed by atoms with Crippen LogP contribution in [0.1, 0.15) is 20.8 Å². The summed E-state index contributed by atoms with van der Waals surface area (Å²) in [4.78, 5) is 22.0. The number of aliphatic carboxylic acids is 2. The van der Waals surface area contributed by atoms with Gasteiger partial charge in [0.15, 0.2) is 0 Å². The summed E-state index contributed by atoms with van der Waals surface area (Å²) >= 11 is 5.81. The lowest BCUT2D eigenvalue weighted by molar-refractivity contribution is -0.149. The van der Waals surface area contributed by atoms with Gasteiger partial charge in [-0.1, -0.05) is 13.8 Å². The van der Waals surface area contributed by atoms with Crippen molar-refractivity contribution < 1.29 is 19.8 Å². The molecular formula is C9H13ClO4. The number of halogens is 1. The summed E-state index contributed by atoms with van der Waals surface area (Å²) in [5, 5.41) is 17.3. The molecule has 0 aromatic heterocycles. The van der Waals surface area contributed by atoms with Gasteiger partial charge < -0.3 is 10.2 Å². The van der Waals surface area contributed by atoms with Crippen molar-refractivity contribution in [3.8, 4) is 0 Å². The number of rotatable bonds is 3. The summed E-state index contributed by atoms with van der Waals surface area (Å²) in [6, 6.07) is 0. The topological polar surface area (TPSA) is 74.6 Å². The third-order valence-corrected chi connectivity index (χ3v) is 3.73. The van der Waals surface area contributed by atoms with Crippen LogP contribution in [0.5, 0.6) is 0 Å². The van der Waals surface area contributed by atoms with Gasteiger partial charge in [0.25, 0.3) is 0 Å². The Morgan fingerprint density at radius 2 is 1.79 bits per heavy atom. The number of hydrogen-bond acceptors (Lipinski definition) is 2. The SMILES string of the molecule is CC(Cl)C1(C(=O)O)C(C(=O)O)C1(C)C. The summed E-state index contributed by atoms with van der Waals surface area (Å²) in [6.45, 7) is 4.78. The van der Waals surface area contributed by atoms with Gasteiger partial charge in [-0.2, -0.15) is 0 Å². The molecule has 0 saturated heterocycles. The molecule has 1 rings (SSSR count). The lowest BCUT2D eigenvalue weighted by atomic mass is 9.93. The highest BCUT2D eigenvalue weighted by atomic mass is 35.5. The number of carbonyl (C=O) groups is 2. The second-order valence-corrected chi connectivity index (χ2v) is 4.94. The molecule has 0 aromatic carbocycles. The van der Waals surface area contributed by atoms with Crippen molar-refractivity contribution in [1.29, 1.82) is 0 Å². The number of hydrogen-bond donors (Lipinski definition) is 2. The Kier molecular flexibility index (Phi) is 2.31. The number of carboxylic acid groups (broad SMARTS) is 2. The zero-order valence-corrected chi connectivity index (χ0v) is 9.00. The molecule has 3 atom stereocenters. The highest BCUT2D eigenvalue weighted by molar-refractivity contribution is 6.23. The predicted molar refractivity (Wildman–Crippen MR) is 50.3 cm³/mol. The minimum Gasteiger partial charge on any atom is -0.481 e. The van der Waals surface area contributed by atoms with Crippen molar-refractivity contribution in [2.24, 2.45) is 16.7 Å². The summed E-state index contributed by atoms with van der Waals surface area (Å²) in [6.07, 6.45) is 0. The minimum atomic E-state index is -1.33. The molecule has 5 heteroatoms. The second-order valence-electron chi connectivity index (χ2n) is 4.28. The maximum atomic E-state index is 11.1. The van der Waals surface area contributed by atoms with Crippen molar-refractivity contribution in [2.75, 3.05) is 0 Å². The van der Waals surface area contributed by atoms with Gasteiger partial charge in [0, 0.05) is 5.38 Å². The van der Waals surface area contributed by atoms with E-state index in [-0.39, 0.29) is 0 Å². The Balaban J connectivity index is 3.17. The molecule has 3 unspecified atom stereocenters. The Labute approximate surface area is 86.9 Å². The molecule has 1 fully saturated rings. The molecule has 4 nitrogen and oxygen atoms in total. The van der Waals surface area contributed by atoms with Crippen LogP contribution in [-0.2, 0) is 9.59 Å². The maximum Gasteiger partial charge on any atom is 0.312 e. The van der Waals surface area contributed by atoms with Crippen LogP contribution in [0, 0.1) is 16.7 Å². The maximum absolute atomic E-state index is 11.1. The van der Waals surface area contributed by atoms with Crippen LogP contribution < -0.4 is 0 Å². The number of alkyl halides is 1. The molecule has 1 aliphatic rings. The molecule has 0 aromatic rings. The van der Waals surface area contributed by atoms with Crippen molar-refractivity contribution in [2.45, 2.75) is 26.1 Å². The first-order chi connectivity index (χ1) is 6.20. The van der Waals surface area contributed by atoms with Gasteiger partial charge in [-0.15, -0.1) is 11.6 Å². The molecule has 0 spiro atoms. The fourth-order valence-electron chi connectivity index (χ4n) is 2.61. The Hall–Kier alpha value is -0.770. The second kappa shape index (κ2) is 2.86. The Bertz CT molecular complexity index is 297. The third kappa shape index (κ3) is 1.00. The first-order valence-electron chi connectivity index (χ1n) is 4.31. The summed E-state index contributed by atoms with van der Waals surface area (Å²) in [5.41, 5.74) is -2.12. The lowest BCUT2D eigenvalue weighted by Gasteiger charge is -2.17. The summed E-state index contributed by atoms with van der Waals surface area (Å²) < 4.78 is 0. The van der Waals surface area contributed by atoms with Crippen LogP contribution in [0.2, 0.25) is 0 Å². The molecule has 0 aliphatic heterocycles. The number of carboxylic acids is 2. The van der Waals surface area contributed by atoms with Gasteiger partial charge in [0.1, 0.15) is 5.41 Å². The molecule has 1 aliphatic carbocycles. The smallest absolute Gasteiger partial charge is 0.312 e. The molecule has 0 radical (unpaired) electrons. The van der Waals surface area contributed by atoms with E-state index in [4.69, 9.17) is 21.8 Å². The van der Waals surface area contributed by atoms with E-state index in [0.29, 0.717) is 0 Å². The van der Waals surface area contributed by atoms with Crippen LogP contribution >= 0.6 is 11.6 Å². The van der Waals surface area contributed by atoms with E-state index in [2.05, 4.69) is 0 Å². The Morgan fingerprint density at radius 3 is 1.86 bits per heavy atom. The van der Waals surface area contributed by atoms with E-state index in [1.807, 2.05) is 0 Å². The van der Waals surface area contributed by atoms with E-state index >= 15 is 0 Å². The van der Waals surface area contributed by atoms with E-state index in [9.17, 15) is 9.59 Å². The van der Waals surface area contributed by atoms with Crippen LogP contribution in [0.3, 0.4) is 0 Å². The highest BCUT2D eigenvalue weighted by Gasteiger charge is 2.81. The van der Waals surface area contributed by atoms with Crippen molar-refractivity contribution >= 4 is 23.5 Å². The predicted octanol–water partition coefficient (Wildman–Crippen LogP) is 1.43. The molecule has 0 heterocycles. The molecule has 14 heavy (non-hydrogen) atoms. The molecule has 0 bridgehead atoms. The van der Waals surface area contributed by atoms with E-state index in [1.54, 1.807) is 13.8 Å². The fourth-order valence-corrected chi connectivity index (χ4v) is 3.11. The van der Waals surface area contributed by atoms with Crippen molar-refractivity contribution in [1.82, 2.24) is 0 Å². The zero-order valence-electron chi connectivity index (χ0n) is 8.24. The Morgan fingerprint density at radius 1 is 1.36 bits per heavy atom. The fraction of sp³-hybridized carbons (Fsp3) is 0.778. The van der Waals surface area contributed by atoms with Crippen LogP contribution in [0.15, 0.2) is 0 Å². The normalized spacial score (nSPS) is 36.1. The minimum absolute atomic E-state index is 0.698. The van der Waals surface area contributed by atoms with E-state index < -0.39 is 34.1 Å². The largest absolute Gasteiger partial charge is 0.481 e. The standard InChI is InChI=1S/C9H13ClO4/c1-4(10)9(7(13)14)5(6(11)12)8(9,2)3/h4-5H,1-3H3,(H,11,12)(H,13,14). The van der Waals surface area contributed by atoms with Gasteiger partial charge in [0.05, 0.1) is 5.92 Å². The summed E-state index contributed by atoms with van der Waals surface area (Å²) in [7, 11) is 0. The van der Waals surface area contributed by atoms with E-state index in [1.165, 1.54) is 6.92 Å². The quantitative estimate of drug-likeness (QED) is 0.706. The average molecular weight is 221 g/mol. The van der Waals surface area contributed by atoms with Gasteiger partial charge in [-0.25, -0.2) is 0 Å². The monoisotopic (exact) mass is 220 g/mol. The zero-order chi connectivity index (χ0) is 11.3. The van der Waals surface area contributed by atoms with Crippen LogP contribution in [-0.4, -0.2) is 27.5 Å². The summed E-state index contributed by atoms with van der Waals surface area (Å²) in [5.74, 6) is -3.12. The van der Waals surface area contributed by atoms with Crippen molar-refractivity contribution in [3.05, 3.63) is 0 Å². The van der Waals surface area contributed by atoms with Crippen LogP contribution in [0.25, 0.3) is 0 Å². The lowest BCUT2D eigenvalue weighted by Crippen LogP contribution is -2.30. The highest BCUT2D eigenvalue weighted by Crippen LogP contribution is 2.71. The molecular weight excluding hydrogens is 208 g/mol. The van der Waals surface area contributed by atoms with Gasteiger partial charge in [-0.3, -0.25) is 9.59 Å².